The van der Waals surface area contributed by atoms with Crippen LogP contribution in [-0.2, 0) is 16.0 Å². The van der Waals surface area contributed by atoms with E-state index in [1.165, 1.54) is 6.07 Å². The first-order valence-electron chi connectivity index (χ1n) is 8.77. The zero-order chi connectivity index (χ0) is 19.4. The lowest BCUT2D eigenvalue weighted by Gasteiger charge is -2.20. The van der Waals surface area contributed by atoms with Crippen LogP contribution in [0.1, 0.15) is 30.5 Å². The van der Waals surface area contributed by atoms with E-state index in [1.807, 2.05) is 24.3 Å². The first-order chi connectivity index (χ1) is 13.0. The second-order valence-electron chi connectivity index (χ2n) is 6.20. The third kappa shape index (κ3) is 4.40. The number of ether oxygens (including phenoxy) is 2. The molecule has 1 atom stereocenters. The quantitative estimate of drug-likeness (QED) is 0.621. The molecule has 2 N–H and O–H groups in total. The number of hydrogen-bond donors (Lipinski definition) is 1. The molecule has 0 fully saturated rings. The van der Waals surface area contributed by atoms with Crippen LogP contribution >= 0.6 is 11.6 Å². The normalized spacial score (nSPS) is 13.8. The third-order valence-corrected chi connectivity index (χ3v) is 4.74. The van der Waals surface area contributed by atoms with E-state index in [4.69, 9.17) is 26.8 Å². The van der Waals surface area contributed by atoms with Crippen molar-refractivity contribution in [3.8, 4) is 5.75 Å². The number of amides is 1. The summed E-state index contributed by atoms with van der Waals surface area (Å²) in [5.74, 6) is 0.213. The van der Waals surface area contributed by atoms with Gasteiger partial charge in [-0.15, -0.1) is 0 Å². The molecule has 1 unspecified atom stereocenters. The molecular weight excluding hydrogens is 368 g/mol. The predicted molar refractivity (Wildman–Crippen MR) is 103 cm³/mol. The summed E-state index contributed by atoms with van der Waals surface area (Å²) in [5.41, 5.74) is 8.95. The van der Waals surface area contributed by atoms with E-state index in [0.29, 0.717) is 17.1 Å². The molecule has 1 aliphatic heterocycles. The lowest BCUT2D eigenvalue weighted by atomic mass is 10.0. The average Bonchev–Trinajstić information content (AvgIpc) is 3.06. The number of halogens is 1. The first kappa shape index (κ1) is 19.2. The van der Waals surface area contributed by atoms with Crippen molar-refractivity contribution in [1.29, 1.82) is 0 Å². The van der Waals surface area contributed by atoms with Crippen molar-refractivity contribution < 1.29 is 19.1 Å². The van der Waals surface area contributed by atoms with E-state index in [2.05, 4.69) is 0 Å². The molecule has 2 aromatic carbocycles. The highest BCUT2D eigenvalue weighted by Crippen LogP contribution is 2.31. The molecule has 1 aliphatic rings. The van der Waals surface area contributed by atoms with Crippen molar-refractivity contribution in [2.45, 2.75) is 25.8 Å². The molecular formula is C20H21ClN2O4. The van der Waals surface area contributed by atoms with Crippen molar-refractivity contribution in [3.63, 3.8) is 0 Å². The fourth-order valence-electron chi connectivity index (χ4n) is 3.12. The number of nitrogens with two attached hydrogens (primary N) is 1. The number of benzene rings is 2. The van der Waals surface area contributed by atoms with Gasteiger partial charge in [-0.1, -0.05) is 35.9 Å². The summed E-state index contributed by atoms with van der Waals surface area (Å²) < 4.78 is 9.73. The Morgan fingerprint density at radius 2 is 2.04 bits per heavy atom. The Morgan fingerprint density at radius 1 is 1.26 bits per heavy atom. The van der Waals surface area contributed by atoms with Crippen molar-refractivity contribution in [2.75, 3.05) is 18.1 Å². The Bertz CT molecular complexity index is 856. The molecule has 2 aromatic rings. The molecule has 0 aliphatic carbocycles. The summed E-state index contributed by atoms with van der Waals surface area (Å²) in [6, 6.07) is 12.0. The lowest BCUT2D eigenvalue weighted by molar-refractivity contribution is -0.118. The number of rotatable bonds is 5. The zero-order valence-corrected chi connectivity index (χ0v) is 15.7. The highest BCUT2D eigenvalue weighted by Gasteiger charge is 2.26. The van der Waals surface area contributed by atoms with Crippen molar-refractivity contribution in [2.24, 2.45) is 5.73 Å². The van der Waals surface area contributed by atoms with Gasteiger partial charge in [-0.3, -0.25) is 4.79 Å². The predicted octanol–water partition coefficient (Wildman–Crippen LogP) is 3.85. The number of para-hydroxylation sites is 1. The Morgan fingerprint density at radius 3 is 2.78 bits per heavy atom. The minimum absolute atomic E-state index is 0.0460. The van der Waals surface area contributed by atoms with Gasteiger partial charge in [-0.05, 0) is 42.7 Å². The average molecular weight is 389 g/mol. The Labute approximate surface area is 162 Å². The Kier molecular flexibility index (Phi) is 5.98. The van der Waals surface area contributed by atoms with Gasteiger partial charge in [0.25, 0.3) is 0 Å². The first-order valence-corrected chi connectivity index (χ1v) is 9.15. The fourth-order valence-corrected chi connectivity index (χ4v) is 3.43. The molecule has 27 heavy (non-hydrogen) atoms. The van der Waals surface area contributed by atoms with Gasteiger partial charge in [0.2, 0.25) is 5.91 Å². The van der Waals surface area contributed by atoms with Gasteiger partial charge >= 0.3 is 6.16 Å². The van der Waals surface area contributed by atoms with Crippen LogP contribution in [-0.4, -0.2) is 25.2 Å². The summed E-state index contributed by atoms with van der Waals surface area (Å²) in [6.07, 6.45) is 0.178. The summed E-state index contributed by atoms with van der Waals surface area (Å²) >= 11 is 6.27. The van der Waals surface area contributed by atoms with Gasteiger partial charge in [0, 0.05) is 29.7 Å². The molecule has 1 amide bonds. The molecule has 7 heteroatoms. The number of hydrogen-bond acceptors (Lipinski definition) is 5. The standard InChI is InChI=1S/C20H21ClN2O4/c1-2-26-20(25)27-14-7-8-15(16(21)11-14)17(22)12-19(24)23-10-9-13-5-3-4-6-18(13)23/h3-8,11,17H,2,9-10,12,22H2,1H3. The Balaban J connectivity index is 1.67. The number of carbonyl (C=O) groups excluding carboxylic acids is 2. The van der Waals surface area contributed by atoms with E-state index < -0.39 is 12.2 Å². The van der Waals surface area contributed by atoms with Crippen molar-refractivity contribution in [3.05, 3.63) is 58.6 Å². The largest absolute Gasteiger partial charge is 0.513 e. The van der Waals surface area contributed by atoms with E-state index in [-0.39, 0.29) is 24.7 Å². The molecule has 0 aromatic heterocycles. The van der Waals surface area contributed by atoms with E-state index >= 15 is 0 Å². The molecule has 0 radical (unpaired) electrons. The highest BCUT2D eigenvalue weighted by atomic mass is 35.5. The molecule has 142 valence electrons. The molecule has 0 bridgehead atoms. The molecule has 1 heterocycles. The number of nitrogens with zero attached hydrogens (tertiary/aromatic N) is 1. The maximum Gasteiger partial charge on any atom is 0.513 e. The summed E-state index contributed by atoms with van der Waals surface area (Å²) in [5, 5.41) is 0.332. The number of anilines is 1. The van der Waals surface area contributed by atoms with Gasteiger partial charge in [-0.25, -0.2) is 4.79 Å². The zero-order valence-electron chi connectivity index (χ0n) is 15.0. The summed E-state index contributed by atoms with van der Waals surface area (Å²) in [7, 11) is 0. The number of fused-ring (bicyclic) bond motifs is 1. The summed E-state index contributed by atoms with van der Waals surface area (Å²) in [4.78, 5) is 25.8. The van der Waals surface area contributed by atoms with Crippen LogP contribution < -0.4 is 15.4 Å². The minimum atomic E-state index is -0.798. The summed E-state index contributed by atoms with van der Waals surface area (Å²) in [6.45, 7) is 2.56. The van der Waals surface area contributed by atoms with Crippen LogP contribution in [0, 0.1) is 0 Å². The topological polar surface area (TPSA) is 81.9 Å². The minimum Gasteiger partial charge on any atom is -0.434 e. The maximum absolute atomic E-state index is 12.7. The maximum atomic E-state index is 12.7. The Hall–Kier alpha value is -2.57. The third-order valence-electron chi connectivity index (χ3n) is 4.42. The number of carbonyl (C=O) groups is 2. The van der Waals surface area contributed by atoms with Crippen molar-refractivity contribution >= 4 is 29.4 Å². The van der Waals surface area contributed by atoms with Gasteiger partial charge in [0.05, 0.1) is 6.61 Å². The van der Waals surface area contributed by atoms with E-state index in [1.54, 1.807) is 24.0 Å². The fraction of sp³-hybridized carbons (Fsp3) is 0.300. The van der Waals surface area contributed by atoms with E-state index in [0.717, 1.165) is 17.7 Å². The molecule has 0 saturated carbocycles. The lowest BCUT2D eigenvalue weighted by Crippen LogP contribution is -2.31. The van der Waals surface area contributed by atoms with Crippen LogP contribution in [0.2, 0.25) is 5.02 Å². The van der Waals surface area contributed by atoms with Gasteiger partial charge < -0.3 is 20.1 Å². The van der Waals surface area contributed by atoms with Gasteiger partial charge in [0.1, 0.15) is 5.75 Å². The van der Waals surface area contributed by atoms with E-state index in [9.17, 15) is 9.59 Å². The van der Waals surface area contributed by atoms with Crippen molar-refractivity contribution in [1.82, 2.24) is 0 Å². The van der Waals surface area contributed by atoms with Crippen LogP contribution in [0.25, 0.3) is 0 Å². The van der Waals surface area contributed by atoms with Crippen LogP contribution in [0.4, 0.5) is 10.5 Å². The van der Waals surface area contributed by atoms with Crippen LogP contribution in [0.15, 0.2) is 42.5 Å². The van der Waals surface area contributed by atoms with Crippen LogP contribution in [0.3, 0.4) is 0 Å². The molecule has 0 spiro atoms. The van der Waals surface area contributed by atoms with Gasteiger partial charge in [0.15, 0.2) is 0 Å². The molecule has 6 nitrogen and oxygen atoms in total. The van der Waals surface area contributed by atoms with Gasteiger partial charge in [-0.2, -0.15) is 0 Å². The van der Waals surface area contributed by atoms with Crippen LogP contribution in [0.5, 0.6) is 5.75 Å². The second kappa shape index (κ2) is 8.41. The monoisotopic (exact) mass is 388 g/mol. The smallest absolute Gasteiger partial charge is 0.434 e. The second-order valence-corrected chi connectivity index (χ2v) is 6.61. The molecule has 0 saturated heterocycles. The highest BCUT2D eigenvalue weighted by molar-refractivity contribution is 6.31. The SMILES string of the molecule is CCOC(=O)Oc1ccc(C(N)CC(=O)N2CCc3ccccc32)c(Cl)c1. The molecule has 3 rings (SSSR count).